The summed E-state index contributed by atoms with van der Waals surface area (Å²) >= 11 is 1.75. The van der Waals surface area contributed by atoms with E-state index in [4.69, 9.17) is 0 Å². The van der Waals surface area contributed by atoms with Crippen molar-refractivity contribution in [3.05, 3.63) is 78.4 Å². The molecule has 0 bridgehead atoms. The monoisotopic (exact) mass is 346 g/mol. The van der Waals surface area contributed by atoms with E-state index in [2.05, 4.69) is 34.5 Å². The summed E-state index contributed by atoms with van der Waals surface area (Å²) in [6.45, 7) is 2.28. The van der Waals surface area contributed by atoms with Crippen molar-refractivity contribution < 1.29 is 4.79 Å². The van der Waals surface area contributed by atoms with Gasteiger partial charge in [0.15, 0.2) is 0 Å². The number of benzene rings is 3. The van der Waals surface area contributed by atoms with Crippen LogP contribution < -0.4 is 10.2 Å². The molecule has 25 heavy (non-hydrogen) atoms. The summed E-state index contributed by atoms with van der Waals surface area (Å²) < 4.78 is 0. The Labute approximate surface area is 151 Å². The zero-order valence-corrected chi connectivity index (χ0v) is 14.7. The number of hydrogen-bond acceptors (Lipinski definition) is 3. The molecule has 4 rings (SSSR count). The van der Waals surface area contributed by atoms with Gasteiger partial charge in [0.1, 0.15) is 6.54 Å². The minimum absolute atomic E-state index is 0.0224. The number of aryl methyl sites for hydroxylation is 1. The molecular weight excluding hydrogens is 328 g/mol. The second kappa shape index (κ2) is 6.65. The van der Waals surface area contributed by atoms with Crippen LogP contribution >= 0.6 is 11.8 Å². The molecular formula is C21H18N2OS. The third-order valence-corrected chi connectivity index (χ3v) is 5.38. The van der Waals surface area contributed by atoms with E-state index in [1.165, 1.54) is 9.79 Å². The number of rotatable bonds is 3. The lowest BCUT2D eigenvalue weighted by Crippen LogP contribution is -2.31. The molecule has 0 unspecified atom stereocenters. The highest BCUT2D eigenvalue weighted by Gasteiger charge is 2.24. The lowest BCUT2D eigenvalue weighted by atomic mass is 10.2. The first-order valence-corrected chi connectivity index (χ1v) is 9.03. The van der Waals surface area contributed by atoms with E-state index >= 15 is 0 Å². The highest BCUT2D eigenvalue weighted by atomic mass is 32.2. The molecule has 0 spiro atoms. The van der Waals surface area contributed by atoms with Gasteiger partial charge in [0.2, 0.25) is 5.91 Å². The molecule has 1 aliphatic heterocycles. The van der Waals surface area contributed by atoms with Gasteiger partial charge in [-0.2, -0.15) is 0 Å². The van der Waals surface area contributed by atoms with E-state index < -0.39 is 0 Å². The minimum atomic E-state index is -0.0224. The number of para-hydroxylation sites is 3. The topological polar surface area (TPSA) is 32.3 Å². The van der Waals surface area contributed by atoms with Crippen LogP contribution in [-0.2, 0) is 4.79 Å². The van der Waals surface area contributed by atoms with E-state index in [0.29, 0.717) is 0 Å². The average molecular weight is 346 g/mol. The molecule has 4 heteroatoms. The highest BCUT2D eigenvalue weighted by Crippen LogP contribution is 2.47. The summed E-state index contributed by atoms with van der Waals surface area (Å²) in [5, 5.41) is 3.03. The van der Waals surface area contributed by atoms with Crippen LogP contribution in [0.3, 0.4) is 0 Å². The fourth-order valence-electron chi connectivity index (χ4n) is 3.00. The molecule has 0 aliphatic carbocycles. The zero-order valence-electron chi connectivity index (χ0n) is 13.9. The van der Waals surface area contributed by atoms with E-state index in [9.17, 15) is 4.79 Å². The third-order valence-electron chi connectivity index (χ3n) is 4.25. The van der Waals surface area contributed by atoms with Crippen molar-refractivity contribution in [3.63, 3.8) is 0 Å². The van der Waals surface area contributed by atoms with Crippen LogP contribution in [0.15, 0.2) is 82.6 Å². The molecule has 0 saturated carbocycles. The van der Waals surface area contributed by atoms with E-state index in [1.807, 2.05) is 55.5 Å². The van der Waals surface area contributed by atoms with Gasteiger partial charge in [-0.05, 0) is 42.8 Å². The van der Waals surface area contributed by atoms with Gasteiger partial charge in [-0.15, -0.1) is 0 Å². The van der Waals surface area contributed by atoms with Crippen LogP contribution in [0.25, 0.3) is 0 Å². The van der Waals surface area contributed by atoms with Crippen molar-refractivity contribution in [1.82, 2.24) is 0 Å². The Balaban J connectivity index is 1.64. The summed E-state index contributed by atoms with van der Waals surface area (Å²) in [7, 11) is 0. The van der Waals surface area contributed by atoms with E-state index in [0.717, 1.165) is 22.6 Å². The molecule has 0 fully saturated rings. The molecule has 1 heterocycles. The quantitative estimate of drug-likeness (QED) is 0.704. The van der Waals surface area contributed by atoms with Crippen LogP contribution in [0.2, 0.25) is 0 Å². The maximum Gasteiger partial charge on any atom is 0.244 e. The second-order valence-electron chi connectivity index (χ2n) is 5.99. The molecule has 124 valence electrons. The van der Waals surface area contributed by atoms with Crippen molar-refractivity contribution in [1.29, 1.82) is 0 Å². The van der Waals surface area contributed by atoms with Crippen molar-refractivity contribution in [3.8, 4) is 0 Å². The molecule has 0 radical (unpaired) electrons. The molecule has 1 amide bonds. The van der Waals surface area contributed by atoms with Crippen LogP contribution in [0.1, 0.15) is 5.56 Å². The summed E-state index contributed by atoms with van der Waals surface area (Å²) in [4.78, 5) is 17.1. The van der Waals surface area contributed by atoms with Crippen LogP contribution in [0.5, 0.6) is 0 Å². The molecule has 3 nitrogen and oxygen atoms in total. The highest BCUT2D eigenvalue weighted by molar-refractivity contribution is 7.99. The maximum absolute atomic E-state index is 12.7. The van der Waals surface area contributed by atoms with Crippen molar-refractivity contribution in [2.75, 3.05) is 16.8 Å². The fourth-order valence-corrected chi connectivity index (χ4v) is 4.09. The number of anilines is 3. The molecule has 3 aromatic carbocycles. The number of carbonyl (C=O) groups excluding carboxylic acids is 1. The zero-order chi connectivity index (χ0) is 17.2. The lowest BCUT2D eigenvalue weighted by Gasteiger charge is -2.32. The first kappa shape index (κ1) is 15.8. The predicted molar refractivity (Wildman–Crippen MR) is 104 cm³/mol. The molecule has 0 saturated heterocycles. The number of fused-ring (bicyclic) bond motifs is 2. The molecule has 0 atom stereocenters. The first-order valence-electron chi connectivity index (χ1n) is 8.21. The summed E-state index contributed by atoms with van der Waals surface area (Å²) in [6, 6.07) is 24.3. The largest absolute Gasteiger partial charge is 0.330 e. The van der Waals surface area contributed by atoms with Gasteiger partial charge in [-0.1, -0.05) is 54.2 Å². The molecule has 0 aromatic heterocycles. The number of nitrogens with zero attached hydrogens (tertiary/aromatic N) is 1. The lowest BCUT2D eigenvalue weighted by molar-refractivity contribution is -0.114. The average Bonchev–Trinajstić information content (AvgIpc) is 2.63. The Morgan fingerprint density at radius 3 is 2.08 bits per heavy atom. The van der Waals surface area contributed by atoms with Gasteiger partial charge < -0.3 is 10.2 Å². The fraction of sp³-hybridized carbons (Fsp3) is 0.0952. The molecule has 3 aromatic rings. The van der Waals surface area contributed by atoms with Gasteiger partial charge in [-0.25, -0.2) is 0 Å². The molecule has 1 N–H and O–H groups in total. The standard InChI is InChI=1S/C21H18N2OS/c1-15-8-2-3-9-16(15)22-21(24)14-23-17-10-4-6-12-19(17)25-20-13-7-5-11-18(20)23/h2-13H,14H2,1H3,(H,22,24). The van der Waals surface area contributed by atoms with Crippen LogP contribution in [0.4, 0.5) is 17.1 Å². The Morgan fingerprint density at radius 1 is 0.880 bits per heavy atom. The summed E-state index contributed by atoms with van der Waals surface area (Å²) in [6.07, 6.45) is 0. The normalized spacial score (nSPS) is 12.3. The maximum atomic E-state index is 12.7. The summed E-state index contributed by atoms with van der Waals surface area (Å²) in [5.41, 5.74) is 4.07. The Morgan fingerprint density at radius 2 is 1.44 bits per heavy atom. The van der Waals surface area contributed by atoms with Gasteiger partial charge in [0.25, 0.3) is 0 Å². The van der Waals surface area contributed by atoms with Gasteiger partial charge >= 0.3 is 0 Å². The van der Waals surface area contributed by atoms with Crippen molar-refractivity contribution in [2.24, 2.45) is 0 Å². The van der Waals surface area contributed by atoms with E-state index in [1.54, 1.807) is 11.8 Å². The SMILES string of the molecule is Cc1ccccc1NC(=O)CN1c2ccccc2Sc2ccccc21. The van der Waals surface area contributed by atoms with Gasteiger partial charge in [-0.3, -0.25) is 4.79 Å². The Bertz CT molecular complexity index is 893. The summed E-state index contributed by atoms with van der Waals surface area (Å²) in [5.74, 6) is -0.0224. The minimum Gasteiger partial charge on any atom is -0.330 e. The third kappa shape index (κ3) is 3.13. The van der Waals surface area contributed by atoms with Crippen molar-refractivity contribution >= 4 is 34.7 Å². The van der Waals surface area contributed by atoms with Crippen molar-refractivity contribution in [2.45, 2.75) is 16.7 Å². The van der Waals surface area contributed by atoms with Gasteiger partial charge in [0.05, 0.1) is 11.4 Å². The van der Waals surface area contributed by atoms with Crippen LogP contribution in [-0.4, -0.2) is 12.5 Å². The predicted octanol–water partition coefficient (Wildman–Crippen LogP) is 5.24. The van der Waals surface area contributed by atoms with Crippen LogP contribution in [0, 0.1) is 6.92 Å². The first-order chi connectivity index (χ1) is 12.2. The Kier molecular flexibility index (Phi) is 4.20. The molecule has 1 aliphatic rings. The smallest absolute Gasteiger partial charge is 0.244 e. The van der Waals surface area contributed by atoms with Gasteiger partial charge in [0, 0.05) is 15.5 Å². The number of nitrogens with one attached hydrogen (secondary N) is 1. The Hall–Kier alpha value is -2.72. The number of carbonyl (C=O) groups is 1. The number of hydrogen-bond donors (Lipinski definition) is 1. The second-order valence-corrected chi connectivity index (χ2v) is 7.07. The number of amides is 1. The van der Waals surface area contributed by atoms with E-state index in [-0.39, 0.29) is 12.5 Å².